The van der Waals surface area contributed by atoms with Crippen LogP contribution in [0, 0.1) is 0 Å². The number of nitrogens with one attached hydrogen (secondary N) is 2. The molecule has 2 amide bonds. The molecule has 12 heteroatoms. The monoisotopic (exact) mass is 367 g/mol. The molecule has 0 aliphatic heterocycles. The minimum atomic E-state index is -3.43. The Morgan fingerprint density at radius 1 is 1.30 bits per heavy atom. The van der Waals surface area contributed by atoms with Crippen LogP contribution in [0.4, 0.5) is 0 Å². The summed E-state index contributed by atoms with van der Waals surface area (Å²) in [5.41, 5.74) is 3.78. The molecule has 3 atom stereocenters. The van der Waals surface area contributed by atoms with Gasteiger partial charge in [0.05, 0.1) is 12.0 Å². The van der Waals surface area contributed by atoms with E-state index in [1.165, 1.54) is 13.8 Å². The molecule has 1 unspecified atom stereocenters. The molecule has 0 fully saturated rings. The Kier molecular flexibility index (Phi) is 14.8. The van der Waals surface area contributed by atoms with E-state index >= 15 is 0 Å². The number of amides is 2. The SMILES string of the molecule is C[C@H](NC(=O)[C@@](C)(N)NC(=O)CCCP(C)(=O)[O-])C(=O)[O-].[Na+].[Na+]. The summed E-state index contributed by atoms with van der Waals surface area (Å²) in [5, 5.41) is 14.8. The molecule has 122 valence electrons. The van der Waals surface area contributed by atoms with E-state index in [9.17, 15) is 28.9 Å². The van der Waals surface area contributed by atoms with E-state index in [1.807, 2.05) is 0 Å². The first-order chi connectivity index (χ1) is 9.35. The Morgan fingerprint density at radius 2 is 1.78 bits per heavy atom. The van der Waals surface area contributed by atoms with Crippen LogP contribution in [0.2, 0.25) is 0 Å². The molecule has 0 radical (unpaired) electrons. The molecule has 0 aromatic carbocycles. The van der Waals surface area contributed by atoms with E-state index < -0.39 is 36.9 Å². The largest absolute Gasteiger partial charge is 1.00 e. The Morgan fingerprint density at radius 3 is 2.17 bits per heavy atom. The van der Waals surface area contributed by atoms with Gasteiger partial charge in [0, 0.05) is 13.8 Å². The fourth-order valence-corrected chi connectivity index (χ4v) is 2.07. The van der Waals surface area contributed by atoms with Crippen molar-refractivity contribution in [2.45, 2.75) is 38.4 Å². The molecule has 0 heterocycles. The van der Waals surface area contributed by atoms with Gasteiger partial charge in [-0.1, -0.05) is 0 Å². The number of aliphatic carboxylic acids is 1. The second kappa shape index (κ2) is 12.0. The van der Waals surface area contributed by atoms with E-state index in [1.54, 1.807) is 0 Å². The Bertz CT molecular complexity index is 469. The average molecular weight is 367 g/mol. The number of nitrogens with two attached hydrogens (primary N) is 1. The summed E-state index contributed by atoms with van der Waals surface area (Å²) in [6.45, 7) is 3.46. The summed E-state index contributed by atoms with van der Waals surface area (Å²) in [6.07, 6.45) is -0.137. The standard InChI is InChI=1S/C11H22N3O6P.2Na/c1-7(9(16)17)13-10(18)11(2,12)14-8(15)5-4-6-21(3,19)20;;/h7H,4-6,12H2,1-3H3,(H,13,18)(H,14,15)(H,16,17)(H,19,20);;/q;2*+1/p-2/t7-,11-;;/m0../s1. The van der Waals surface area contributed by atoms with Crippen molar-refractivity contribution in [3.05, 3.63) is 0 Å². The molecular formula is C11H20N3Na2O6P. The van der Waals surface area contributed by atoms with Gasteiger partial charge in [-0.15, -0.1) is 0 Å². The number of hydrogen-bond acceptors (Lipinski definition) is 7. The number of rotatable bonds is 8. The van der Waals surface area contributed by atoms with Crippen LogP contribution in [0.1, 0.15) is 26.7 Å². The maximum absolute atomic E-state index is 11.7. The third-order valence-electron chi connectivity index (χ3n) is 2.54. The third kappa shape index (κ3) is 13.5. The fourth-order valence-electron chi connectivity index (χ4n) is 1.34. The number of carbonyl (C=O) groups excluding carboxylic acids is 3. The van der Waals surface area contributed by atoms with Gasteiger partial charge >= 0.3 is 59.1 Å². The maximum Gasteiger partial charge on any atom is 1.00 e. The van der Waals surface area contributed by atoms with Crippen LogP contribution >= 0.6 is 7.37 Å². The molecule has 0 saturated carbocycles. The summed E-state index contributed by atoms with van der Waals surface area (Å²) >= 11 is 0. The van der Waals surface area contributed by atoms with E-state index in [-0.39, 0.29) is 78.1 Å². The smallest absolute Gasteiger partial charge is 0.799 e. The molecular weight excluding hydrogens is 347 g/mol. The maximum atomic E-state index is 11.7. The van der Waals surface area contributed by atoms with Crippen molar-refractivity contribution in [1.82, 2.24) is 10.6 Å². The summed E-state index contributed by atoms with van der Waals surface area (Å²) in [6, 6.07) is -1.26. The molecule has 0 aliphatic carbocycles. The number of carboxylic acid groups (broad SMARTS) is 1. The number of carboxylic acids is 1. The molecule has 9 nitrogen and oxygen atoms in total. The van der Waals surface area contributed by atoms with Crippen LogP contribution < -0.4 is 85.5 Å². The summed E-state index contributed by atoms with van der Waals surface area (Å²) in [4.78, 5) is 44.7. The van der Waals surface area contributed by atoms with Crippen LogP contribution in [0.15, 0.2) is 0 Å². The molecule has 0 saturated heterocycles. The zero-order valence-corrected chi connectivity index (χ0v) is 19.1. The summed E-state index contributed by atoms with van der Waals surface area (Å²) < 4.78 is 10.9. The molecule has 4 N–H and O–H groups in total. The van der Waals surface area contributed by atoms with Crippen LogP contribution in [0.25, 0.3) is 0 Å². The molecule has 0 aromatic rings. The second-order valence-corrected chi connectivity index (χ2v) is 7.58. The zero-order valence-electron chi connectivity index (χ0n) is 14.2. The third-order valence-corrected chi connectivity index (χ3v) is 3.67. The van der Waals surface area contributed by atoms with Gasteiger partial charge in [0.2, 0.25) is 5.91 Å². The molecule has 0 rings (SSSR count). The molecule has 23 heavy (non-hydrogen) atoms. The van der Waals surface area contributed by atoms with Crippen LogP contribution in [-0.2, 0) is 18.9 Å². The average Bonchev–Trinajstić information content (AvgIpc) is 2.25. The van der Waals surface area contributed by atoms with Crippen molar-refractivity contribution in [3.8, 4) is 0 Å². The van der Waals surface area contributed by atoms with E-state index in [4.69, 9.17) is 5.73 Å². The second-order valence-electron chi connectivity index (χ2n) is 5.11. The summed E-state index contributed by atoms with van der Waals surface area (Å²) in [7, 11) is -3.43. The Balaban J connectivity index is -0.00000200. The van der Waals surface area contributed by atoms with Gasteiger partial charge in [-0.2, -0.15) is 0 Å². The zero-order chi connectivity index (χ0) is 16.8. The van der Waals surface area contributed by atoms with Gasteiger partial charge in [-0.25, -0.2) is 0 Å². The van der Waals surface area contributed by atoms with Crippen LogP contribution in [-0.4, -0.2) is 42.3 Å². The normalized spacial score (nSPS) is 16.4. The molecule has 0 spiro atoms. The van der Waals surface area contributed by atoms with E-state index in [0.717, 1.165) is 6.66 Å². The topological polar surface area (TPSA) is 164 Å². The summed E-state index contributed by atoms with van der Waals surface area (Å²) in [5.74, 6) is -2.98. The molecule has 0 aromatic heterocycles. The van der Waals surface area contributed by atoms with E-state index in [0.29, 0.717) is 0 Å². The van der Waals surface area contributed by atoms with Crippen molar-refractivity contribution in [3.63, 3.8) is 0 Å². The van der Waals surface area contributed by atoms with Gasteiger partial charge in [0.1, 0.15) is 0 Å². The van der Waals surface area contributed by atoms with Crippen molar-refractivity contribution in [1.29, 1.82) is 0 Å². The van der Waals surface area contributed by atoms with Crippen LogP contribution in [0.5, 0.6) is 0 Å². The predicted octanol–water partition coefficient (Wildman–Crippen LogP) is -8.91. The van der Waals surface area contributed by atoms with Gasteiger partial charge in [0.25, 0.3) is 5.91 Å². The first-order valence-corrected chi connectivity index (χ1v) is 8.50. The van der Waals surface area contributed by atoms with E-state index in [2.05, 4.69) is 10.6 Å². The quantitative estimate of drug-likeness (QED) is 0.218. The van der Waals surface area contributed by atoms with Gasteiger partial charge in [0.15, 0.2) is 5.66 Å². The van der Waals surface area contributed by atoms with Crippen LogP contribution in [0.3, 0.4) is 0 Å². The Labute approximate surface area is 179 Å². The van der Waals surface area contributed by atoms with Crippen molar-refractivity contribution in [2.24, 2.45) is 5.73 Å². The first kappa shape index (κ1) is 28.4. The Hall–Kier alpha value is 0.560. The number of carbonyl (C=O) groups is 3. The molecule has 0 aliphatic rings. The van der Waals surface area contributed by atoms with Crippen molar-refractivity contribution >= 4 is 25.2 Å². The number of hydrogen-bond donors (Lipinski definition) is 3. The van der Waals surface area contributed by atoms with Crippen molar-refractivity contribution in [2.75, 3.05) is 12.8 Å². The van der Waals surface area contributed by atoms with Gasteiger partial charge < -0.3 is 35.7 Å². The minimum Gasteiger partial charge on any atom is -0.799 e. The fraction of sp³-hybridized carbons (Fsp3) is 0.727. The van der Waals surface area contributed by atoms with Gasteiger partial charge in [-0.3, -0.25) is 9.59 Å². The van der Waals surface area contributed by atoms with Crippen molar-refractivity contribution < 1.29 is 88.1 Å². The first-order valence-electron chi connectivity index (χ1n) is 6.24. The predicted molar refractivity (Wildman–Crippen MR) is 71.0 cm³/mol. The molecule has 0 bridgehead atoms. The minimum absolute atomic E-state index is 0. The van der Waals surface area contributed by atoms with Gasteiger partial charge in [-0.05, 0) is 33.1 Å².